The Kier molecular flexibility index (Phi) is 13.0. The molecular formula is C14H33NO. The predicted octanol–water partition coefficient (Wildman–Crippen LogP) is 3.95. The summed E-state index contributed by atoms with van der Waals surface area (Å²) in [5.41, 5.74) is 0. The molecule has 1 rings (SSSR count). The summed E-state index contributed by atoms with van der Waals surface area (Å²) in [4.78, 5) is 2.30. The topological polar surface area (TPSA) is 12.5 Å². The first kappa shape index (κ1) is 18.3. The van der Waals surface area contributed by atoms with Crippen LogP contribution in [0.2, 0.25) is 0 Å². The monoisotopic (exact) mass is 231 g/mol. The molecule has 2 heteroatoms. The van der Waals surface area contributed by atoms with Crippen molar-refractivity contribution in [2.75, 3.05) is 14.1 Å². The maximum atomic E-state index is 5.64. The average molecular weight is 231 g/mol. The van der Waals surface area contributed by atoms with E-state index >= 15 is 0 Å². The molecule has 100 valence electrons. The van der Waals surface area contributed by atoms with Gasteiger partial charge in [0, 0.05) is 6.04 Å². The van der Waals surface area contributed by atoms with Crippen LogP contribution in [0.25, 0.3) is 0 Å². The molecule has 2 atom stereocenters. The van der Waals surface area contributed by atoms with E-state index in [2.05, 4.69) is 46.7 Å². The van der Waals surface area contributed by atoms with E-state index in [4.69, 9.17) is 4.74 Å². The summed E-state index contributed by atoms with van der Waals surface area (Å²) >= 11 is 0. The van der Waals surface area contributed by atoms with Gasteiger partial charge < -0.3 is 9.64 Å². The zero-order valence-electron chi connectivity index (χ0n) is 12.7. The van der Waals surface area contributed by atoms with Crippen molar-refractivity contribution >= 4 is 0 Å². The van der Waals surface area contributed by atoms with Crippen LogP contribution in [0.1, 0.15) is 60.8 Å². The van der Waals surface area contributed by atoms with Crippen LogP contribution in [-0.2, 0) is 4.74 Å². The van der Waals surface area contributed by atoms with Crippen molar-refractivity contribution in [2.45, 2.75) is 79.1 Å². The Morgan fingerprint density at radius 1 is 1.00 bits per heavy atom. The molecule has 1 fully saturated rings. The number of rotatable bonds is 1. The molecule has 2 nitrogen and oxygen atoms in total. The first-order valence-electron chi connectivity index (χ1n) is 6.83. The number of hydrogen-bond donors (Lipinski definition) is 0. The molecule has 0 aromatic heterocycles. The van der Waals surface area contributed by atoms with E-state index in [1.54, 1.807) is 0 Å². The standard InChI is InChI=1S/C9H19NO.C3H8.C2H6/c1-7-5-9(10(3)4)6-8(2)11-7;1-3-2;1-2/h7-9H,5-6H2,1-4H3;3H2,1-2H3;1-2H3. The van der Waals surface area contributed by atoms with Gasteiger partial charge in [0.25, 0.3) is 0 Å². The second kappa shape index (κ2) is 11.4. The Hall–Kier alpha value is -0.0800. The number of hydrogen-bond acceptors (Lipinski definition) is 2. The first-order chi connectivity index (χ1) is 7.51. The van der Waals surface area contributed by atoms with Crippen molar-refractivity contribution in [1.82, 2.24) is 4.90 Å². The van der Waals surface area contributed by atoms with E-state index in [1.807, 2.05) is 13.8 Å². The van der Waals surface area contributed by atoms with Crippen LogP contribution in [0, 0.1) is 0 Å². The molecule has 2 unspecified atom stereocenters. The van der Waals surface area contributed by atoms with Crippen LogP contribution in [0.4, 0.5) is 0 Å². The lowest BCUT2D eigenvalue weighted by Crippen LogP contribution is -2.40. The Labute approximate surface area is 103 Å². The third-order valence-corrected chi connectivity index (χ3v) is 2.40. The summed E-state index contributed by atoms with van der Waals surface area (Å²) in [5.74, 6) is 0. The van der Waals surface area contributed by atoms with Gasteiger partial charge in [-0.1, -0.05) is 34.1 Å². The lowest BCUT2D eigenvalue weighted by atomic mass is 9.99. The summed E-state index contributed by atoms with van der Waals surface area (Å²) < 4.78 is 5.64. The maximum absolute atomic E-state index is 5.64. The van der Waals surface area contributed by atoms with Gasteiger partial charge >= 0.3 is 0 Å². The molecule has 1 saturated heterocycles. The van der Waals surface area contributed by atoms with E-state index in [9.17, 15) is 0 Å². The fourth-order valence-corrected chi connectivity index (χ4v) is 1.79. The van der Waals surface area contributed by atoms with E-state index in [0.29, 0.717) is 18.2 Å². The lowest BCUT2D eigenvalue weighted by molar-refractivity contribution is -0.0578. The molecule has 0 bridgehead atoms. The lowest BCUT2D eigenvalue weighted by Gasteiger charge is -2.35. The van der Waals surface area contributed by atoms with Crippen LogP contribution in [0.5, 0.6) is 0 Å². The Morgan fingerprint density at radius 2 is 1.31 bits per heavy atom. The fourth-order valence-electron chi connectivity index (χ4n) is 1.79. The molecule has 1 aliphatic heterocycles. The van der Waals surface area contributed by atoms with Crippen molar-refractivity contribution < 1.29 is 4.74 Å². The van der Waals surface area contributed by atoms with Crippen molar-refractivity contribution in [3.05, 3.63) is 0 Å². The number of nitrogens with zero attached hydrogens (tertiary/aromatic N) is 1. The summed E-state index contributed by atoms with van der Waals surface area (Å²) in [7, 11) is 4.30. The highest BCUT2D eigenvalue weighted by Crippen LogP contribution is 2.21. The highest BCUT2D eigenvalue weighted by Gasteiger charge is 2.25. The second-order valence-corrected chi connectivity index (χ2v) is 4.55. The fraction of sp³-hybridized carbons (Fsp3) is 1.00. The van der Waals surface area contributed by atoms with Gasteiger partial charge in [-0.15, -0.1) is 0 Å². The van der Waals surface area contributed by atoms with Crippen LogP contribution >= 0.6 is 0 Å². The minimum absolute atomic E-state index is 0.436. The quantitative estimate of drug-likeness (QED) is 0.677. The van der Waals surface area contributed by atoms with Crippen LogP contribution in [0.15, 0.2) is 0 Å². The van der Waals surface area contributed by atoms with E-state index in [-0.39, 0.29) is 0 Å². The zero-order chi connectivity index (χ0) is 13.1. The molecule has 1 aliphatic rings. The molecule has 0 amide bonds. The molecule has 0 aliphatic carbocycles. The first-order valence-corrected chi connectivity index (χ1v) is 6.83. The Balaban J connectivity index is 0. The normalized spacial score (nSPS) is 28.7. The molecule has 16 heavy (non-hydrogen) atoms. The van der Waals surface area contributed by atoms with Crippen molar-refractivity contribution in [1.29, 1.82) is 0 Å². The molecule has 1 heterocycles. The summed E-state index contributed by atoms with van der Waals surface area (Å²) in [6.07, 6.45) is 4.48. The van der Waals surface area contributed by atoms with Gasteiger partial charge in [-0.2, -0.15) is 0 Å². The second-order valence-electron chi connectivity index (χ2n) is 4.55. The van der Waals surface area contributed by atoms with Crippen LogP contribution < -0.4 is 0 Å². The largest absolute Gasteiger partial charge is 0.375 e. The molecular weight excluding hydrogens is 198 g/mol. The minimum Gasteiger partial charge on any atom is -0.375 e. The molecule has 0 aromatic rings. The zero-order valence-corrected chi connectivity index (χ0v) is 12.7. The van der Waals surface area contributed by atoms with E-state index in [1.165, 1.54) is 19.3 Å². The van der Waals surface area contributed by atoms with Gasteiger partial charge in [0.2, 0.25) is 0 Å². The molecule has 0 spiro atoms. The van der Waals surface area contributed by atoms with Gasteiger partial charge in [0.05, 0.1) is 12.2 Å². The minimum atomic E-state index is 0.436. The number of ether oxygens (including phenoxy) is 1. The van der Waals surface area contributed by atoms with Gasteiger partial charge in [-0.3, -0.25) is 0 Å². The molecule has 0 aromatic carbocycles. The average Bonchev–Trinajstić information content (AvgIpc) is 2.20. The molecule has 0 N–H and O–H groups in total. The van der Waals surface area contributed by atoms with Crippen LogP contribution in [-0.4, -0.2) is 37.2 Å². The van der Waals surface area contributed by atoms with Crippen molar-refractivity contribution in [2.24, 2.45) is 0 Å². The smallest absolute Gasteiger partial charge is 0.0565 e. The van der Waals surface area contributed by atoms with E-state index < -0.39 is 0 Å². The summed E-state index contributed by atoms with van der Waals surface area (Å²) in [6.45, 7) is 12.6. The Morgan fingerprint density at radius 3 is 1.56 bits per heavy atom. The summed E-state index contributed by atoms with van der Waals surface area (Å²) in [5, 5.41) is 0. The van der Waals surface area contributed by atoms with E-state index in [0.717, 1.165) is 0 Å². The van der Waals surface area contributed by atoms with Gasteiger partial charge in [-0.25, -0.2) is 0 Å². The third-order valence-electron chi connectivity index (χ3n) is 2.40. The highest BCUT2D eigenvalue weighted by atomic mass is 16.5. The predicted molar refractivity (Wildman–Crippen MR) is 74.0 cm³/mol. The van der Waals surface area contributed by atoms with Crippen LogP contribution in [0.3, 0.4) is 0 Å². The molecule has 0 radical (unpaired) electrons. The maximum Gasteiger partial charge on any atom is 0.0565 e. The molecule has 0 saturated carbocycles. The van der Waals surface area contributed by atoms with Gasteiger partial charge in [0.15, 0.2) is 0 Å². The third kappa shape index (κ3) is 9.17. The highest BCUT2D eigenvalue weighted by molar-refractivity contribution is 4.77. The van der Waals surface area contributed by atoms with Crippen molar-refractivity contribution in [3.63, 3.8) is 0 Å². The van der Waals surface area contributed by atoms with Crippen molar-refractivity contribution in [3.8, 4) is 0 Å². The van der Waals surface area contributed by atoms with Gasteiger partial charge in [0.1, 0.15) is 0 Å². The summed E-state index contributed by atoms with van der Waals surface area (Å²) in [6, 6.07) is 0.716. The van der Waals surface area contributed by atoms with Gasteiger partial charge in [-0.05, 0) is 40.8 Å². The Bertz CT molecular complexity index is 127. The SMILES string of the molecule is CC.CC1CC(N(C)C)CC(C)O1.CCC.